The topological polar surface area (TPSA) is 67.1 Å². The van der Waals surface area contributed by atoms with Crippen molar-refractivity contribution in [3.63, 3.8) is 0 Å². The van der Waals surface area contributed by atoms with Gasteiger partial charge in [0.15, 0.2) is 11.8 Å². The molecule has 1 unspecified atom stereocenters. The van der Waals surface area contributed by atoms with Crippen LogP contribution in [0.1, 0.15) is 30.6 Å². The molecule has 0 bridgehead atoms. The number of fused-ring (bicyclic) bond motifs is 1. The fourth-order valence-electron chi connectivity index (χ4n) is 3.07. The molecule has 9 heteroatoms. The van der Waals surface area contributed by atoms with Crippen molar-refractivity contribution in [3.8, 4) is 0 Å². The van der Waals surface area contributed by atoms with Crippen molar-refractivity contribution in [1.82, 2.24) is 25.4 Å². The van der Waals surface area contributed by atoms with Gasteiger partial charge in [0.2, 0.25) is 0 Å². The Kier molecular flexibility index (Phi) is 8.81. The monoisotopic (exact) mass is 566 g/mol. The second-order valence-corrected chi connectivity index (χ2v) is 7.64. The van der Waals surface area contributed by atoms with Crippen LogP contribution in [0.3, 0.4) is 0 Å². The third-order valence-electron chi connectivity index (χ3n) is 4.48. The molecule has 3 rings (SSSR count). The highest BCUT2D eigenvalue weighted by molar-refractivity contribution is 14.0. The summed E-state index contributed by atoms with van der Waals surface area (Å²) < 4.78 is 3.10. The Balaban J connectivity index is 0.00000261. The van der Waals surface area contributed by atoms with Crippen molar-refractivity contribution in [2.24, 2.45) is 4.99 Å². The lowest BCUT2D eigenvalue weighted by atomic mass is 10.1. The Morgan fingerprint density at radius 1 is 1.44 bits per heavy atom. The van der Waals surface area contributed by atoms with Gasteiger partial charge < -0.3 is 10.6 Å². The fraction of sp³-hybridized carbons (Fsp3) is 0.500. The third kappa shape index (κ3) is 6.05. The molecule has 2 N–H and O–H groups in total. The maximum absolute atomic E-state index is 6.08. The zero-order valence-electron chi connectivity index (χ0n) is 15.5. The molecule has 0 radical (unpaired) electrons. The number of nitrogens with zero attached hydrogens (tertiary/aromatic N) is 4. The van der Waals surface area contributed by atoms with E-state index in [1.165, 1.54) is 5.56 Å². The highest BCUT2D eigenvalue weighted by atomic mass is 127. The van der Waals surface area contributed by atoms with Crippen molar-refractivity contribution < 1.29 is 0 Å². The van der Waals surface area contributed by atoms with Gasteiger partial charge in [-0.2, -0.15) is 5.10 Å². The molecule has 0 spiro atoms. The van der Waals surface area contributed by atoms with E-state index in [1.54, 1.807) is 7.05 Å². The summed E-state index contributed by atoms with van der Waals surface area (Å²) in [5.74, 6) is 2.83. The zero-order chi connectivity index (χ0) is 18.5. The number of halogens is 3. The van der Waals surface area contributed by atoms with Gasteiger partial charge in [0, 0.05) is 42.0 Å². The van der Waals surface area contributed by atoms with E-state index in [2.05, 4.69) is 48.6 Å². The highest BCUT2D eigenvalue weighted by Crippen LogP contribution is 2.21. The molecule has 2 aromatic rings. The summed E-state index contributed by atoms with van der Waals surface area (Å²) in [6.07, 6.45) is 3.71. The molecule has 6 nitrogen and oxygen atoms in total. The van der Waals surface area contributed by atoms with Crippen LogP contribution in [-0.2, 0) is 25.8 Å². The summed E-state index contributed by atoms with van der Waals surface area (Å²) in [4.78, 5) is 8.91. The predicted molar refractivity (Wildman–Crippen MR) is 124 cm³/mol. The standard InChI is InChI=1S/C18H24BrClN6.HI/c1-3-16-24-17-7-5-14(11-26(17)25-16)23-18(21-2)22-9-8-12-10-13(20)4-6-15(12)19;/h4,6,10,14H,3,5,7-9,11H2,1-2H3,(H2,21,22,23);1H. The number of guanidine groups is 1. The fourth-order valence-corrected chi connectivity index (χ4v) is 3.71. The van der Waals surface area contributed by atoms with E-state index in [0.29, 0.717) is 6.04 Å². The van der Waals surface area contributed by atoms with Crippen LogP contribution in [0.4, 0.5) is 0 Å². The number of hydrogen-bond donors (Lipinski definition) is 2. The minimum atomic E-state index is 0. The third-order valence-corrected chi connectivity index (χ3v) is 5.49. The van der Waals surface area contributed by atoms with Crippen LogP contribution >= 0.6 is 51.5 Å². The van der Waals surface area contributed by atoms with Crippen molar-refractivity contribution in [2.75, 3.05) is 13.6 Å². The van der Waals surface area contributed by atoms with Crippen molar-refractivity contribution in [3.05, 3.63) is 44.9 Å². The van der Waals surface area contributed by atoms with Crippen LogP contribution in [-0.4, -0.2) is 40.4 Å². The van der Waals surface area contributed by atoms with Gasteiger partial charge in [-0.1, -0.05) is 34.5 Å². The van der Waals surface area contributed by atoms with Crippen LogP contribution in [0.2, 0.25) is 5.02 Å². The second-order valence-electron chi connectivity index (χ2n) is 6.34. The summed E-state index contributed by atoms with van der Waals surface area (Å²) in [6.45, 7) is 3.68. The summed E-state index contributed by atoms with van der Waals surface area (Å²) in [5.41, 5.74) is 1.18. The van der Waals surface area contributed by atoms with Crippen LogP contribution in [0.15, 0.2) is 27.7 Å². The first-order valence-electron chi connectivity index (χ1n) is 8.92. The van der Waals surface area contributed by atoms with E-state index >= 15 is 0 Å². The number of aliphatic imine (C=N–C) groups is 1. The minimum absolute atomic E-state index is 0. The van der Waals surface area contributed by atoms with Crippen LogP contribution < -0.4 is 10.6 Å². The normalized spacial score (nSPS) is 16.4. The van der Waals surface area contributed by atoms with Crippen LogP contribution in [0, 0.1) is 0 Å². The number of benzene rings is 1. The lowest BCUT2D eigenvalue weighted by Crippen LogP contribution is -2.47. The van der Waals surface area contributed by atoms with Crippen LogP contribution in [0.5, 0.6) is 0 Å². The minimum Gasteiger partial charge on any atom is -0.356 e. The molecular formula is C18H25BrClIN6. The average molecular weight is 568 g/mol. The van der Waals surface area contributed by atoms with Crippen molar-refractivity contribution in [2.45, 2.75) is 45.2 Å². The molecular weight excluding hydrogens is 543 g/mol. The van der Waals surface area contributed by atoms with Gasteiger partial charge in [0.25, 0.3) is 0 Å². The van der Waals surface area contributed by atoms with E-state index in [1.807, 2.05) is 22.9 Å². The summed E-state index contributed by atoms with van der Waals surface area (Å²) in [5, 5.41) is 12.2. The highest BCUT2D eigenvalue weighted by Gasteiger charge is 2.22. The number of hydrogen-bond acceptors (Lipinski definition) is 3. The van der Waals surface area contributed by atoms with Crippen LogP contribution in [0.25, 0.3) is 0 Å². The molecule has 0 saturated carbocycles. The molecule has 0 aliphatic carbocycles. The van der Waals surface area contributed by atoms with E-state index in [9.17, 15) is 0 Å². The van der Waals surface area contributed by atoms with E-state index < -0.39 is 0 Å². The molecule has 1 aliphatic heterocycles. The van der Waals surface area contributed by atoms with Gasteiger partial charge in [-0.15, -0.1) is 24.0 Å². The summed E-state index contributed by atoms with van der Waals surface area (Å²) >= 11 is 9.65. The SMILES string of the molecule is CCc1nc2n(n1)CC(NC(=NC)NCCc1cc(Cl)ccc1Br)CC2.I. The number of aromatic nitrogens is 3. The average Bonchev–Trinajstić information content (AvgIpc) is 3.06. The quantitative estimate of drug-likeness (QED) is 0.329. The molecule has 0 saturated heterocycles. The molecule has 0 amide bonds. The molecule has 1 aliphatic rings. The van der Waals surface area contributed by atoms with Gasteiger partial charge in [0.05, 0.1) is 6.54 Å². The van der Waals surface area contributed by atoms with Crippen molar-refractivity contribution >= 4 is 57.5 Å². The Bertz CT molecular complexity index is 794. The molecule has 2 heterocycles. The maximum atomic E-state index is 6.08. The first-order chi connectivity index (χ1) is 12.6. The molecule has 1 aromatic carbocycles. The predicted octanol–water partition coefficient (Wildman–Crippen LogP) is 3.60. The summed E-state index contributed by atoms with van der Waals surface area (Å²) in [6, 6.07) is 6.15. The van der Waals surface area contributed by atoms with Crippen molar-refractivity contribution in [1.29, 1.82) is 0 Å². The molecule has 148 valence electrons. The molecule has 27 heavy (non-hydrogen) atoms. The smallest absolute Gasteiger partial charge is 0.191 e. The molecule has 0 fully saturated rings. The van der Waals surface area contributed by atoms with Gasteiger partial charge in [-0.05, 0) is 36.6 Å². The van der Waals surface area contributed by atoms with E-state index in [4.69, 9.17) is 11.6 Å². The number of aryl methyl sites for hydroxylation is 2. The first kappa shape index (κ1) is 22.4. The van der Waals surface area contributed by atoms with Gasteiger partial charge >= 0.3 is 0 Å². The lowest BCUT2D eigenvalue weighted by Gasteiger charge is -2.25. The number of rotatable bonds is 5. The first-order valence-corrected chi connectivity index (χ1v) is 10.1. The Morgan fingerprint density at radius 3 is 3.00 bits per heavy atom. The Hall–Kier alpha value is -0.870. The Morgan fingerprint density at radius 2 is 2.26 bits per heavy atom. The van der Waals surface area contributed by atoms with E-state index in [-0.39, 0.29) is 24.0 Å². The lowest BCUT2D eigenvalue weighted by molar-refractivity contribution is 0.392. The second kappa shape index (κ2) is 10.6. The molecule has 1 aromatic heterocycles. The Labute approximate surface area is 190 Å². The largest absolute Gasteiger partial charge is 0.356 e. The van der Waals surface area contributed by atoms with Gasteiger partial charge in [0.1, 0.15) is 5.82 Å². The maximum Gasteiger partial charge on any atom is 0.191 e. The zero-order valence-corrected chi connectivity index (χ0v) is 20.2. The summed E-state index contributed by atoms with van der Waals surface area (Å²) in [7, 11) is 1.80. The van der Waals surface area contributed by atoms with E-state index in [0.717, 1.165) is 65.9 Å². The van der Waals surface area contributed by atoms with Gasteiger partial charge in [-0.25, -0.2) is 9.67 Å². The molecule has 1 atom stereocenters. The van der Waals surface area contributed by atoms with Gasteiger partial charge in [-0.3, -0.25) is 4.99 Å². The number of nitrogens with one attached hydrogen (secondary N) is 2.